The molecule has 0 aromatic carbocycles. The summed E-state index contributed by atoms with van der Waals surface area (Å²) in [5.74, 6) is 0.225. The number of nitrogens with zero attached hydrogens (tertiary/aromatic N) is 2. The van der Waals surface area contributed by atoms with Crippen molar-refractivity contribution in [3.05, 3.63) is 0 Å². The van der Waals surface area contributed by atoms with Gasteiger partial charge < -0.3 is 9.74 Å². The third kappa shape index (κ3) is 3.25. The Morgan fingerprint density at radius 3 is 2.86 bits per heavy atom. The molecule has 82 valence electrons. The van der Waals surface area contributed by atoms with E-state index < -0.39 is 0 Å². The number of hydrogen-bond donors (Lipinski definition) is 1. The normalized spacial score (nSPS) is 19.0. The van der Waals surface area contributed by atoms with Gasteiger partial charge in [-0.15, -0.1) is 0 Å². The quantitative estimate of drug-likeness (QED) is 0.472. The monoisotopic (exact) mass is 201 g/mol. The SMILES string of the molecule is CCN1CCN(CCONC)CC1=O. The number of likely N-dealkylation sites (N-methyl/N-ethyl adjacent to an activating group) is 1. The average Bonchev–Trinajstić information content (AvgIpc) is 2.18. The van der Waals surface area contributed by atoms with Gasteiger partial charge in [-0.3, -0.25) is 9.69 Å². The van der Waals surface area contributed by atoms with Crippen LogP contribution in [0, 0.1) is 0 Å². The van der Waals surface area contributed by atoms with Crippen molar-refractivity contribution >= 4 is 5.91 Å². The number of amides is 1. The van der Waals surface area contributed by atoms with E-state index in [1.54, 1.807) is 7.05 Å². The summed E-state index contributed by atoms with van der Waals surface area (Å²) in [5, 5.41) is 0. The van der Waals surface area contributed by atoms with Crippen LogP contribution in [0.1, 0.15) is 6.92 Å². The topological polar surface area (TPSA) is 44.8 Å². The van der Waals surface area contributed by atoms with Crippen LogP contribution in [-0.2, 0) is 9.63 Å². The Balaban J connectivity index is 2.21. The molecular formula is C9H19N3O2. The highest BCUT2D eigenvalue weighted by Crippen LogP contribution is 2.01. The van der Waals surface area contributed by atoms with Gasteiger partial charge in [-0.2, -0.15) is 0 Å². The minimum Gasteiger partial charge on any atom is -0.341 e. The Labute approximate surface area is 85.0 Å². The minimum atomic E-state index is 0.225. The largest absolute Gasteiger partial charge is 0.341 e. The number of rotatable bonds is 5. The fourth-order valence-corrected chi connectivity index (χ4v) is 1.56. The fourth-order valence-electron chi connectivity index (χ4n) is 1.56. The number of carbonyl (C=O) groups is 1. The van der Waals surface area contributed by atoms with Gasteiger partial charge in [-0.05, 0) is 6.92 Å². The molecule has 0 saturated carbocycles. The zero-order valence-electron chi connectivity index (χ0n) is 8.95. The lowest BCUT2D eigenvalue weighted by molar-refractivity contribution is -0.136. The van der Waals surface area contributed by atoms with Crippen LogP contribution in [0.25, 0.3) is 0 Å². The Hall–Kier alpha value is -0.650. The zero-order valence-corrected chi connectivity index (χ0v) is 8.95. The molecule has 0 radical (unpaired) electrons. The van der Waals surface area contributed by atoms with Gasteiger partial charge in [0, 0.05) is 33.2 Å². The molecule has 1 amide bonds. The summed E-state index contributed by atoms with van der Waals surface area (Å²) in [6, 6.07) is 0. The third-order valence-electron chi connectivity index (χ3n) is 2.43. The summed E-state index contributed by atoms with van der Waals surface area (Å²) in [7, 11) is 1.74. The highest BCUT2D eigenvalue weighted by Gasteiger charge is 2.21. The van der Waals surface area contributed by atoms with E-state index in [1.165, 1.54) is 0 Å². The van der Waals surface area contributed by atoms with Gasteiger partial charge in [0.05, 0.1) is 13.2 Å². The van der Waals surface area contributed by atoms with Crippen LogP contribution >= 0.6 is 0 Å². The molecule has 0 aliphatic carbocycles. The summed E-state index contributed by atoms with van der Waals surface area (Å²) in [6.45, 7) is 6.58. The van der Waals surface area contributed by atoms with Crippen LogP contribution in [0.4, 0.5) is 0 Å². The molecule has 1 rings (SSSR count). The lowest BCUT2D eigenvalue weighted by Gasteiger charge is -2.33. The first-order valence-electron chi connectivity index (χ1n) is 5.06. The van der Waals surface area contributed by atoms with Crippen molar-refractivity contribution in [1.29, 1.82) is 0 Å². The van der Waals surface area contributed by atoms with E-state index in [4.69, 9.17) is 4.84 Å². The molecule has 0 atom stereocenters. The summed E-state index contributed by atoms with van der Waals surface area (Å²) in [6.07, 6.45) is 0. The van der Waals surface area contributed by atoms with Crippen molar-refractivity contribution in [2.24, 2.45) is 0 Å². The van der Waals surface area contributed by atoms with E-state index in [2.05, 4.69) is 10.4 Å². The van der Waals surface area contributed by atoms with Gasteiger partial charge in [0.1, 0.15) is 0 Å². The highest BCUT2D eigenvalue weighted by atomic mass is 16.6. The molecule has 1 aliphatic rings. The molecule has 5 nitrogen and oxygen atoms in total. The number of hydrogen-bond acceptors (Lipinski definition) is 4. The van der Waals surface area contributed by atoms with Crippen LogP contribution in [0.2, 0.25) is 0 Å². The molecular weight excluding hydrogens is 182 g/mol. The summed E-state index contributed by atoms with van der Waals surface area (Å²) < 4.78 is 0. The molecule has 0 spiro atoms. The maximum absolute atomic E-state index is 11.5. The van der Waals surface area contributed by atoms with Crippen molar-refractivity contribution in [3.63, 3.8) is 0 Å². The first-order valence-corrected chi connectivity index (χ1v) is 5.06. The van der Waals surface area contributed by atoms with Crippen molar-refractivity contribution in [3.8, 4) is 0 Å². The molecule has 0 bridgehead atoms. The molecule has 1 aliphatic heterocycles. The number of hydroxylamine groups is 1. The predicted octanol–water partition coefficient (Wildman–Crippen LogP) is -0.698. The Morgan fingerprint density at radius 1 is 1.50 bits per heavy atom. The maximum Gasteiger partial charge on any atom is 0.236 e. The Kier molecular flexibility index (Phi) is 4.86. The molecule has 0 unspecified atom stereocenters. The van der Waals surface area contributed by atoms with Gasteiger partial charge in [0.15, 0.2) is 0 Å². The van der Waals surface area contributed by atoms with Crippen molar-refractivity contribution in [1.82, 2.24) is 15.3 Å². The van der Waals surface area contributed by atoms with Crippen LogP contribution in [-0.4, -0.2) is 62.1 Å². The van der Waals surface area contributed by atoms with E-state index in [0.29, 0.717) is 13.2 Å². The van der Waals surface area contributed by atoms with E-state index in [-0.39, 0.29) is 5.91 Å². The average molecular weight is 201 g/mol. The lowest BCUT2D eigenvalue weighted by Crippen LogP contribution is -2.50. The molecule has 14 heavy (non-hydrogen) atoms. The maximum atomic E-state index is 11.5. The van der Waals surface area contributed by atoms with Gasteiger partial charge in [0.25, 0.3) is 0 Å². The van der Waals surface area contributed by atoms with Crippen LogP contribution in [0.3, 0.4) is 0 Å². The van der Waals surface area contributed by atoms with Crippen molar-refractivity contribution < 1.29 is 9.63 Å². The zero-order chi connectivity index (χ0) is 10.4. The Morgan fingerprint density at radius 2 is 2.29 bits per heavy atom. The van der Waals surface area contributed by atoms with E-state index in [0.717, 1.165) is 26.2 Å². The highest BCUT2D eigenvalue weighted by molar-refractivity contribution is 5.78. The third-order valence-corrected chi connectivity index (χ3v) is 2.43. The summed E-state index contributed by atoms with van der Waals surface area (Å²) in [4.78, 5) is 20.5. The summed E-state index contributed by atoms with van der Waals surface area (Å²) >= 11 is 0. The molecule has 1 heterocycles. The lowest BCUT2D eigenvalue weighted by atomic mass is 10.3. The van der Waals surface area contributed by atoms with Crippen molar-refractivity contribution in [2.45, 2.75) is 6.92 Å². The summed E-state index contributed by atoms with van der Waals surface area (Å²) in [5.41, 5.74) is 2.62. The van der Waals surface area contributed by atoms with Crippen LogP contribution < -0.4 is 5.48 Å². The van der Waals surface area contributed by atoms with E-state index in [9.17, 15) is 4.79 Å². The molecule has 1 saturated heterocycles. The number of nitrogens with one attached hydrogen (secondary N) is 1. The van der Waals surface area contributed by atoms with Crippen LogP contribution in [0.5, 0.6) is 0 Å². The van der Waals surface area contributed by atoms with E-state index >= 15 is 0 Å². The predicted molar refractivity (Wildman–Crippen MR) is 53.7 cm³/mol. The minimum absolute atomic E-state index is 0.225. The number of piperazine rings is 1. The van der Waals surface area contributed by atoms with Gasteiger partial charge in [0.2, 0.25) is 5.91 Å². The van der Waals surface area contributed by atoms with E-state index in [1.807, 2.05) is 11.8 Å². The Bertz CT molecular complexity index is 185. The molecule has 1 fully saturated rings. The van der Waals surface area contributed by atoms with Gasteiger partial charge in [-0.1, -0.05) is 0 Å². The van der Waals surface area contributed by atoms with Crippen molar-refractivity contribution in [2.75, 3.05) is 46.4 Å². The standard InChI is InChI=1S/C9H19N3O2/c1-3-12-5-4-11(8-9(12)13)6-7-14-10-2/h10H,3-8H2,1-2H3. The van der Waals surface area contributed by atoms with Gasteiger partial charge >= 0.3 is 0 Å². The van der Waals surface area contributed by atoms with Gasteiger partial charge in [-0.25, -0.2) is 5.48 Å². The fraction of sp³-hybridized carbons (Fsp3) is 0.889. The molecule has 1 N–H and O–H groups in total. The first kappa shape index (κ1) is 11.4. The molecule has 5 heteroatoms. The van der Waals surface area contributed by atoms with Crippen LogP contribution in [0.15, 0.2) is 0 Å². The smallest absolute Gasteiger partial charge is 0.236 e. The first-order chi connectivity index (χ1) is 6.77. The number of carbonyl (C=O) groups excluding carboxylic acids is 1. The second-order valence-electron chi connectivity index (χ2n) is 3.30. The second-order valence-corrected chi connectivity index (χ2v) is 3.30. The second kappa shape index (κ2) is 5.95. The molecule has 0 aromatic heterocycles. The molecule has 0 aromatic rings.